The first-order chi connectivity index (χ1) is 6.55. The topological polar surface area (TPSA) is 32.7 Å². The van der Waals surface area contributed by atoms with E-state index in [0.717, 1.165) is 31.6 Å². The van der Waals surface area contributed by atoms with Crippen LogP contribution in [0, 0.1) is 5.92 Å². The van der Waals surface area contributed by atoms with Crippen molar-refractivity contribution in [3.05, 3.63) is 0 Å². The van der Waals surface area contributed by atoms with E-state index in [1.54, 1.807) is 12.2 Å². The fourth-order valence-corrected chi connectivity index (χ4v) is 3.36. The van der Waals surface area contributed by atoms with Gasteiger partial charge in [-0.25, -0.2) is 0 Å². The van der Waals surface area contributed by atoms with Gasteiger partial charge in [-0.15, -0.1) is 0 Å². The fraction of sp³-hybridized carbons (Fsp3) is 1.00. The molecule has 0 aromatic carbocycles. The number of hydrogen-bond donors (Lipinski definition) is 1. The maximum Gasteiger partial charge on any atom is 0.0605 e. The summed E-state index contributed by atoms with van der Waals surface area (Å²) in [6, 6.07) is 0.308. The van der Waals surface area contributed by atoms with E-state index in [-0.39, 0.29) is 5.54 Å². The van der Waals surface area contributed by atoms with Crippen molar-refractivity contribution in [1.82, 2.24) is 5.06 Å². The average Bonchev–Trinajstić information content (AvgIpc) is 2.09. The van der Waals surface area contributed by atoms with Gasteiger partial charge in [0.15, 0.2) is 0 Å². The van der Waals surface area contributed by atoms with E-state index in [0.29, 0.717) is 12.1 Å². The monoisotopic (exact) mass is 199 g/mol. The number of hydrogen-bond acceptors (Lipinski definition) is 3. The second-order valence-corrected chi connectivity index (χ2v) is 5.34. The Morgan fingerprint density at radius 1 is 1.36 bits per heavy atom. The molecule has 2 bridgehead atoms. The van der Waals surface area contributed by atoms with Gasteiger partial charge in [0.25, 0.3) is 0 Å². The molecule has 3 nitrogen and oxygen atoms in total. The molecule has 0 aromatic rings. The molecule has 2 fully saturated rings. The molecular weight excluding hydrogens is 178 g/mol. The molecule has 2 heterocycles. The highest BCUT2D eigenvalue weighted by atomic mass is 16.5. The number of hydroxylamine groups is 2. The van der Waals surface area contributed by atoms with E-state index < -0.39 is 0 Å². The van der Waals surface area contributed by atoms with Crippen LogP contribution in [0.5, 0.6) is 0 Å². The van der Waals surface area contributed by atoms with Crippen LogP contribution in [-0.2, 0) is 4.74 Å². The highest BCUT2D eigenvalue weighted by molar-refractivity contribution is 4.99. The molecule has 4 atom stereocenters. The van der Waals surface area contributed by atoms with Gasteiger partial charge in [-0.1, -0.05) is 6.92 Å². The maximum atomic E-state index is 10.1. The summed E-state index contributed by atoms with van der Waals surface area (Å²) in [4.78, 5) is 0. The molecule has 0 spiro atoms. The number of nitrogens with zero attached hydrogens (tertiary/aromatic N) is 1. The van der Waals surface area contributed by atoms with Gasteiger partial charge in [0.1, 0.15) is 0 Å². The molecule has 82 valence electrons. The first-order valence-electron chi connectivity index (χ1n) is 5.56. The SMILES string of the molecule is CO[C@@H]1CC2CC(C)CC(C)(C1)N2O. The van der Waals surface area contributed by atoms with Crippen LogP contribution in [0.3, 0.4) is 0 Å². The van der Waals surface area contributed by atoms with Gasteiger partial charge in [-0.05, 0) is 38.5 Å². The molecule has 2 rings (SSSR count). The second-order valence-electron chi connectivity index (χ2n) is 5.34. The molecule has 0 aromatic heterocycles. The Morgan fingerprint density at radius 3 is 2.64 bits per heavy atom. The van der Waals surface area contributed by atoms with Crippen molar-refractivity contribution in [3.63, 3.8) is 0 Å². The Bertz CT molecular complexity index is 221. The molecule has 2 saturated heterocycles. The van der Waals surface area contributed by atoms with Gasteiger partial charge in [-0.3, -0.25) is 0 Å². The summed E-state index contributed by atoms with van der Waals surface area (Å²) in [5.74, 6) is 0.728. The van der Waals surface area contributed by atoms with Crippen molar-refractivity contribution < 1.29 is 9.94 Å². The van der Waals surface area contributed by atoms with Crippen molar-refractivity contribution in [2.24, 2.45) is 5.92 Å². The molecule has 0 saturated carbocycles. The van der Waals surface area contributed by atoms with E-state index in [1.807, 2.05) is 0 Å². The van der Waals surface area contributed by atoms with Crippen LogP contribution < -0.4 is 0 Å². The van der Waals surface area contributed by atoms with Crippen molar-refractivity contribution in [2.75, 3.05) is 7.11 Å². The Labute approximate surface area is 86.0 Å². The summed E-state index contributed by atoms with van der Waals surface area (Å²) in [5, 5.41) is 11.7. The lowest BCUT2D eigenvalue weighted by molar-refractivity contribution is -0.258. The zero-order valence-electron chi connectivity index (χ0n) is 9.36. The van der Waals surface area contributed by atoms with Crippen LogP contribution in [0.25, 0.3) is 0 Å². The molecule has 0 radical (unpaired) electrons. The molecule has 3 unspecified atom stereocenters. The largest absolute Gasteiger partial charge is 0.381 e. The smallest absolute Gasteiger partial charge is 0.0605 e. The zero-order valence-corrected chi connectivity index (χ0v) is 9.36. The lowest BCUT2D eigenvalue weighted by Gasteiger charge is -2.53. The molecular formula is C11H21NO2. The van der Waals surface area contributed by atoms with E-state index in [2.05, 4.69) is 13.8 Å². The van der Waals surface area contributed by atoms with E-state index >= 15 is 0 Å². The summed E-state index contributed by atoms with van der Waals surface area (Å²) in [6.45, 7) is 4.44. The number of rotatable bonds is 1. The Hall–Kier alpha value is -0.120. The first-order valence-corrected chi connectivity index (χ1v) is 5.56. The molecule has 0 amide bonds. The Kier molecular flexibility index (Phi) is 2.58. The van der Waals surface area contributed by atoms with Crippen LogP contribution in [0.2, 0.25) is 0 Å². The van der Waals surface area contributed by atoms with Gasteiger partial charge in [0, 0.05) is 18.7 Å². The number of ether oxygens (including phenoxy) is 1. The molecule has 2 aliphatic heterocycles. The van der Waals surface area contributed by atoms with Gasteiger partial charge >= 0.3 is 0 Å². The molecule has 0 aliphatic carbocycles. The highest BCUT2D eigenvalue weighted by Crippen LogP contribution is 2.43. The van der Waals surface area contributed by atoms with E-state index in [4.69, 9.17) is 4.74 Å². The number of methoxy groups -OCH3 is 1. The Morgan fingerprint density at radius 2 is 2.07 bits per heavy atom. The van der Waals surface area contributed by atoms with Gasteiger partial charge in [0.05, 0.1) is 6.10 Å². The van der Waals surface area contributed by atoms with Gasteiger partial charge < -0.3 is 9.94 Å². The standard InChI is InChI=1S/C11H21NO2/c1-8-4-9-5-10(14-3)7-11(2,6-8)12(9)13/h8-10,13H,4-7H2,1-3H3/t8?,9?,10-,11?/m1/s1. The van der Waals surface area contributed by atoms with Crippen LogP contribution in [0.15, 0.2) is 0 Å². The third-order valence-corrected chi connectivity index (χ3v) is 3.90. The van der Waals surface area contributed by atoms with Crippen molar-refractivity contribution in [3.8, 4) is 0 Å². The average molecular weight is 199 g/mol. The molecule has 1 N–H and O–H groups in total. The summed E-state index contributed by atoms with van der Waals surface area (Å²) in [7, 11) is 1.78. The Balaban J connectivity index is 2.17. The summed E-state index contributed by atoms with van der Waals surface area (Å²) in [5.41, 5.74) is -0.0543. The summed E-state index contributed by atoms with van der Waals surface area (Å²) < 4.78 is 5.44. The molecule has 2 aliphatic rings. The first kappa shape index (κ1) is 10.4. The normalized spacial score (nSPS) is 49.3. The summed E-state index contributed by atoms with van der Waals surface area (Å²) in [6.07, 6.45) is 4.46. The fourth-order valence-electron chi connectivity index (χ4n) is 3.36. The van der Waals surface area contributed by atoms with Crippen LogP contribution in [-0.4, -0.2) is 35.1 Å². The van der Waals surface area contributed by atoms with Crippen molar-refractivity contribution in [1.29, 1.82) is 0 Å². The third kappa shape index (κ3) is 1.58. The van der Waals surface area contributed by atoms with Crippen molar-refractivity contribution >= 4 is 0 Å². The van der Waals surface area contributed by atoms with E-state index in [1.165, 1.54) is 0 Å². The predicted molar refractivity (Wildman–Crippen MR) is 54.2 cm³/mol. The van der Waals surface area contributed by atoms with E-state index in [9.17, 15) is 5.21 Å². The maximum absolute atomic E-state index is 10.1. The van der Waals surface area contributed by atoms with Crippen LogP contribution in [0.1, 0.15) is 39.5 Å². The zero-order chi connectivity index (χ0) is 10.3. The highest BCUT2D eigenvalue weighted by Gasteiger charge is 2.48. The molecule has 14 heavy (non-hydrogen) atoms. The lowest BCUT2D eigenvalue weighted by atomic mass is 9.72. The minimum atomic E-state index is -0.0543. The van der Waals surface area contributed by atoms with Crippen LogP contribution >= 0.6 is 0 Å². The van der Waals surface area contributed by atoms with Crippen LogP contribution in [0.4, 0.5) is 0 Å². The van der Waals surface area contributed by atoms with Gasteiger partial charge in [-0.2, -0.15) is 5.06 Å². The number of piperidine rings is 2. The summed E-state index contributed by atoms with van der Waals surface area (Å²) >= 11 is 0. The number of fused-ring (bicyclic) bond motifs is 2. The minimum absolute atomic E-state index is 0.0543. The van der Waals surface area contributed by atoms with Crippen molar-refractivity contribution in [2.45, 2.75) is 57.2 Å². The molecule has 3 heteroatoms. The minimum Gasteiger partial charge on any atom is -0.381 e. The quantitative estimate of drug-likeness (QED) is 0.701. The van der Waals surface area contributed by atoms with Gasteiger partial charge in [0.2, 0.25) is 0 Å². The predicted octanol–water partition coefficient (Wildman–Crippen LogP) is 2.04. The lowest BCUT2D eigenvalue weighted by Crippen LogP contribution is -2.61. The second kappa shape index (κ2) is 3.47. The third-order valence-electron chi connectivity index (χ3n) is 3.90.